The average Bonchev–Trinajstić information content (AvgIpc) is 3.22. The van der Waals surface area contributed by atoms with Gasteiger partial charge < -0.3 is 9.84 Å². The molecule has 3 heterocycles. The SMILES string of the molecule is O=C(NC1CCN(Cc2ccc(F)cc2)CC1)c1cc(-c2cccnc2)on1. The van der Waals surface area contributed by atoms with E-state index >= 15 is 0 Å². The van der Waals surface area contributed by atoms with E-state index in [2.05, 4.69) is 20.4 Å². The van der Waals surface area contributed by atoms with Crippen molar-refractivity contribution < 1.29 is 13.7 Å². The lowest BCUT2D eigenvalue weighted by atomic mass is 10.0. The van der Waals surface area contributed by atoms with E-state index in [9.17, 15) is 9.18 Å². The number of likely N-dealkylation sites (tertiary alicyclic amines) is 1. The molecule has 0 aliphatic carbocycles. The van der Waals surface area contributed by atoms with Gasteiger partial charge in [-0.15, -0.1) is 0 Å². The first-order valence-corrected chi connectivity index (χ1v) is 9.32. The van der Waals surface area contributed by atoms with E-state index in [0.29, 0.717) is 5.76 Å². The number of carbonyl (C=O) groups excluding carboxylic acids is 1. The molecule has 2 aromatic heterocycles. The molecule has 0 bridgehead atoms. The third-order valence-corrected chi connectivity index (χ3v) is 4.93. The summed E-state index contributed by atoms with van der Waals surface area (Å²) < 4.78 is 18.3. The molecule has 1 N–H and O–H groups in total. The van der Waals surface area contributed by atoms with Crippen LogP contribution in [0.25, 0.3) is 11.3 Å². The summed E-state index contributed by atoms with van der Waals surface area (Å²) in [6.07, 6.45) is 5.06. The van der Waals surface area contributed by atoms with E-state index in [4.69, 9.17) is 4.52 Å². The summed E-state index contributed by atoms with van der Waals surface area (Å²) in [6.45, 7) is 2.54. The van der Waals surface area contributed by atoms with Crippen molar-refractivity contribution in [3.63, 3.8) is 0 Å². The van der Waals surface area contributed by atoms with Crippen molar-refractivity contribution in [3.05, 3.63) is 71.9 Å². The zero-order valence-corrected chi connectivity index (χ0v) is 15.3. The number of halogens is 1. The summed E-state index contributed by atoms with van der Waals surface area (Å²) in [7, 11) is 0. The van der Waals surface area contributed by atoms with Gasteiger partial charge in [0.2, 0.25) is 0 Å². The molecule has 1 aliphatic rings. The van der Waals surface area contributed by atoms with Gasteiger partial charge in [-0.05, 0) is 42.7 Å². The molecule has 1 aromatic carbocycles. The second kappa shape index (κ2) is 8.31. The highest BCUT2D eigenvalue weighted by Gasteiger charge is 2.23. The number of carbonyl (C=O) groups is 1. The molecule has 0 atom stereocenters. The van der Waals surface area contributed by atoms with Crippen LogP contribution in [0.3, 0.4) is 0 Å². The lowest BCUT2D eigenvalue weighted by Gasteiger charge is -2.32. The Morgan fingerprint density at radius 2 is 2.00 bits per heavy atom. The van der Waals surface area contributed by atoms with Crippen molar-refractivity contribution >= 4 is 5.91 Å². The Hall–Kier alpha value is -3.06. The molecular formula is C21H21FN4O2. The molecule has 1 amide bonds. The van der Waals surface area contributed by atoms with Crippen molar-refractivity contribution in [2.45, 2.75) is 25.4 Å². The van der Waals surface area contributed by atoms with Crippen LogP contribution in [0.2, 0.25) is 0 Å². The smallest absolute Gasteiger partial charge is 0.273 e. The second-order valence-corrected chi connectivity index (χ2v) is 6.97. The first kappa shape index (κ1) is 18.3. The van der Waals surface area contributed by atoms with Crippen LogP contribution in [-0.2, 0) is 6.54 Å². The van der Waals surface area contributed by atoms with Crippen LogP contribution in [0.15, 0.2) is 59.4 Å². The highest BCUT2D eigenvalue weighted by molar-refractivity contribution is 5.93. The first-order chi connectivity index (χ1) is 13.7. The minimum atomic E-state index is -0.226. The van der Waals surface area contributed by atoms with Crippen molar-refractivity contribution in [1.82, 2.24) is 20.4 Å². The van der Waals surface area contributed by atoms with Gasteiger partial charge >= 0.3 is 0 Å². The second-order valence-electron chi connectivity index (χ2n) is 6.97. The number of piperidine rings is 1. The minimum absolute atomic E-state index is 0.107. The fourth-order valence-electron chi connectivity index (χ4n) is 3.37. The molecule has 0 radical (unpaired) electrons. The third kappa shape index (κ3) is 4.43. The van der Waals surface area contributed by atoms with Crippen LogP contribution in [0.5, 0.6) is 0 Å². The van der Waals surface area contributed by atoms with E-state index in [-0.39, 0.29) is 23.5 Å². The molecule has 7 heteroatoms. The number of amides is 1. The fourth-order valence-corrected chi connectivity index (χ4v) is 3.37. The van der Waals surface area contributed by atoms with Gasteiger partial charge in [-0.3, -0.25) is 14.7 Å². The molecule has 4 rings (SSSR count). The van der Waals surface area contributed by atoms with Crippen molar-refractivity contribution in [3.8, 4) is 11.3 Å². The summed E-state index contributed by atoms with van der Waals surface area (Å²) in [5.41, 5.74) is 2.14. The van der Waals surface area contributed by atoms with Gasteiger partial charge in [0.1, 0.15) is 5.82 Å². The maximum Gasteiger partial charge on any atom is 0.273 e. The largest absolute Gasteiger partial charge is 0.355 e. The van der Waals surface area contributed by atoms with Gasteiger partial charge in [0.15, 0.2) is 11.5 Å². The molecule has 0 spiro atoms. The van der Waals surface area contributed by atoms with Crippen LogP contribution >= 0.6 is 0 Å². The van der Waals surface area contributed by atoms with Gasteiger partial charge in [-0.25, -0.2) is 4.39 Å². The highest BCUT2D eigenvalue weighted by Crippen LogP contribution is 2.19. The molecule has 1 saturated heterocycles. The number of nitrogens with zero attached hydrogens (tertiary/aromatic N) is 3. The maximum atomic E-state index is 13.0. The molecule has 6 nitrogen and oxygen atoms in total. The summed E-state index contributed by atoms with van der Waals surface area (Å²) in [5, 5.41) is 6.92. The normalized spacial score (nSPS) is 15.5. The van der Waals surface area contributed by atoms with Gasteiger partial charge in [-0.1, -0.05) is 17.3 Å². The molecule has 1 aliphatic heterocycles. The molecule has 1 fully saturated rings. The van der Waals surface area contributed by atoms with Gasteiger partial charge in [0, 0.05) is 49.7 Å². The van der Waals surface area contributed by atoms with Crippen molar-refractivity contribution in [2.75, 3.05) is 13.1 Å². The molecule has 28 heavy (non-hydrogen) atoms. The summed E-state index contributed by atoms with van der Waals surface area (Å²) in [4.78, 5) is 18.8. The predicted octanol–water partition coefficient (Wildman–Crippen LogP) is 3.27. The van der Waals surface area contributed by atoms with Crippen LogP contribution in [0.4, 0.5) is 4.39 Å². The Balaban J connectivity index is 1.28. The molecule has 144 valence electrons. The minimum Gasteiger partial charge on any atom is -0.355 e. The average molecular weight is 380 g/mol. The lowest BCUT2D eigenvalue weighted by Crippen LogP contribution is -2.44. The van der Waals surface area contributed by atoms with Gasteiger partial charge in [0.25, 0.3) is 5.91 Å². The molecular weight excluding hydrogens is 359 g/mol. The fraction of sp³-hybridized carbons (Fsp3) is 0.286. The van der Waals surface area contributed by atoms with Crippen molar-refractivity contribution in [2.24, 2.45) is 0 Å². The standard InChI is InChI=1S/C21H21FN4O2/c22-17-5-3-15(4-6-17)14-26-10-7-18(8-11-26)24-21(27)19-12-20(28-25-19)16-2-1-9-23-13-16/h1-6,9,12-13,18H,7-8,10-11,14H2,(H,24,27). The Kier molecular flexibility index (Phi) is 5.43. The van der Waals surface area contributed by atoms with Crippen molar-refractivity contribution in [1.29, 1.82) is 0 Å². The van der Waals surface area contributed by atoms with Crippen LogP contribution in [-0.4, -0.2) is 40.1 Å². The molecule has 0 unspecified atom stereocenters. The van der Waals surface area contributed by atoms with E-state index < -0.39 is 0 Å². The monoisotopic (exact) mass is 380 g/mol. The number of rotatable bonds is 5. The third-order valence-electron chi connectivity index (χ3n) is 4.93. The van der Waals surface area contributed by atoms with E-state index in [0.717, 1.165) is 43.6 Å². The quantitative estimate of drug-likeness (QED) is 0.736. The maximum absolute atomic E-state index is 13.0. The zero-order valence-electron chi connectivity index (χ0n) is 15.3. The molecule has 0 saturated carbocycles. The molecule has 3 aromatic rings. The van der Waals surface area contributed by atoms with Gasteiger partial charge in [0.05, 0.1) is 0 Å². The number of hydrogen-bond donors (Lipinski definition) is 1. The number of hydrogen-bond acceptors (Lipinski definition) is 5. The van der Waals surface area contributed by atoms with Crippen LogP contribution < -0.4 is 5.32 Å². The lowest BCUT2D eigenvalue weighted by molar-refractivity contribution is 0.0900. The number of pyridine rings is 1. The topological polar surface area (TPSA) is 71.3 Å². The van der Waals surface area contributed by atoms with Crippen LogP contribution in [0.1, 0.15) is 28.9 Å². The first-order valence-electron chi connectivity index (χ1n) is 9.32. The number of aromatic nitrogens is 2. The highest BCUT2D eigenvalue weighted by atomic mass is 19.1. The van der Waals surface area contributed by atoms with Crippen LogP contribution in [0, 0.1) is 5.82 Å². The Morgan fingerprint density at radius 1 is 1.21 bits per heavy atom. The Bertz CT molecular complexity index is 919. The van der Waals surface area contributed by atoms with E-state index in [1.807, 2.05) is 18.2 Å². The Labute approximate surface area is 162 Å². The van der Waals surface area contributed by atoms with Gasteiger partial charge in [-0.2, -0.15) is 0 Å². The Morgan fingerprint density at radius 3 is 2.71 bits per heavy atom. The predicted molar refractivity (Wildman–Crippen MR) is 102 cm³/mol. The summed E-state index contributed by atoms with van der Waals surface area (Å²) in [6, 6.07) is 12.0. The summed E-state index contributed by atoms with van der Waals surface area (Å²) >= 11 is 0. The van der Waals surface area contributed by atoms with E-state index in [1.54, 1.807) is 24.5 Å². The number of benzene rings is 1. The number of nitrogens with one attached hydrogen (secondary N) is 1. The zero-order chi connectivity index (χ0) is 19.3. The summed E-state index contributed by atoms with van der Waals surface area (Å²) in [5.74, 6) is 0.0768. The van der Waals surface area contributed by atoms with E-state index in [1.165, 1.54) is 12.1 Å².